The van der Waals surface area contributed by atoms with Crippen LogP contribution in [0.2, 0.25) is 5.02 Å². The number of anilines is 1. The first-order valence-corrected chi connectivity index (χ1v) is 13.4. The standard InChI is InChI=1S/C29H34ClN3O4/c1-17-5-11-22-24(32(17)29(35)37-4)12-13-25-28(22)31-27(16-19-6-14-26(36-3)23(30)15-19)33(25)21-9-7-20(8-10-21)18(2)34/h6,12-15,17,20-21H,5,7-11,16H2,1-4H3/t17-,20?,21?/m0/s1. The monoisotopic (exact) mass is 523 g/mol. The van der Waals surface area contributed by atoms with Crippen LogP contribution in [0.5, 0.6) is 5.75 Å². The molecule has 8 heteroatoms. The van der Waals surface area contributed by atoms with Crippen LogP contribution in [0, 0.1) is 5.92 Å². The number of hydrogen-bond donors (Lipinski definition) is 0. The summed E-state index contributed by atoms with van der Waals surface area (Å²) in [6.07, 6.45) is 5.64. The molecule has 1 aliphatic heterocycles. The lowest BCUT2D eigenvalue weighted by Crippen LogP contribution is -2.42. The number of fused-ring (bicyclic) bond motifs is 3. The molecule has 37 heavy (non-hydrogen) atoms. The van der Waals surface area contributed by atoms with E-state index in [1.165, 1.54) is 7.11 Å². The van der Waals surface area contributed by atoms with E-state index < -0.39 is 0 Å². The van der Waals surface area contributed by atoms with Gasteiger partial charge in [-0.3, -0.25) is 9.69 Å². The predicted octanol–water partition coefficient (Wildman–Crippen LogP) is 6.52. The Morgan fingerprint density at radius 1 is 1.08 bits per heavy atom. The Morgan fingerprint density at radius 2 is 1.84 bits per heavy atom. The topological polar surface area (TPSA) is 73.7 Å². The molecule has 5 rings (SSSR count). The van der Waals surface area contributed by atoms with Crippen LogP contribution in [0.4, 0.5) is 10.5 Å². The summed E-state index contributed by atoms with van der Waals surface area (Å²) in [5, 5.41) is 0.574. The number of imidazole rings is 1. The molecule has 0 radical (unpaired) electrons. The molecule has 1 amide bonds. The molecule has 1 aliphatic carbocycles. The molecule has 3 aromatic rings. The van der Waals surface area contributed by atoms with Gasteiger partial charge in [-0.2, -0.15) is 0 Å². The summed E-state index contributed by atoms with van der Waals surface area (Å²) >= 11 is 6.44. The number of Topliss-reactive ketones (excluding diaryl/α,β-unsaturated/α-hetero) is 1. The second-order valence-electron chi connectivity index (χ2n) is 10.3. The van der Waals surface area contributed by atoms with E-state index >= 15 is 0 Å². The van der Waals surface area contributed by atoms with Crippen molar-refractivity contribution < 1.29 is 19.1 Å². The van der Waals surface area contributed by atoms with Crippen molar-refractivity contribution in [3.05, 3.63) is 52.3 Å². The molecular weight excluding hydrogens is 490 g/mol. The molecule has 7 nitrogen and oxygen atoms in total. The molecule has 0 bridgehead atoms. The molecule has 1 fully saturated rings. The zero-order valence-corrected chi connectivity index (χ0v) is 22.7. The van der Waals surface area contributed by atoms with Crippen molar-refractivity contribution in [3.63, 3.8) is 0 Å². The Balaban J connectivity index is 1.61. The summed E-state index contributed by atoms with van der Waals surface area (Å²) in [5.74, 6) is 2.05. The maximum atomic E-state index is 12.6. The van der Waals surface area contributed by atoms with E-state index in [0.29, 0.717) is 17.2 Å². The number of amides is 1. The minimum Gasteiger partial charge on any atom is -0.495 e. The summed E-state index contributed by atoms with van der Waals surface area (Å²) in [6.45, 7) is 3.76. The van der Waals surface area contributed by atoms with Crippen LogP contribution < -0.4 is 9.64 Å². The van der Waals surface area contributed by atoms with Gasteiger partial charge in [0.25, 0.3) is 0 Å². The van der Waals surface area contributed by atoms with Gasteiger partial charge < -0.3 is 14.0 Å². The molecule has 0 N–H and O–H groups in total. The molecule has 0 spiro atoms. The molecule has 1 aromatic heterocycles. The van der Waals surface area contributed by atoms with Crippen LogP contribution in [0.1, 0.15) is 68.9 Å². The molecule has 2 heterocycles. The normalized spacial score (nSPS) is 21.5. The quantitative estimate of drug-likeness (QED) is 0.381. The highest BCUT2D eigenvalue weighted by molar-refractivity contribution is 6.32. The van der Waals surface area contributed by atoms with E-state index in [1.54, 1.807) is 18.9 Å². The molecule has 2 aliphatic rings. The van der Waals surface area contributed by atoms with Crippen LogP contribution in [-0.4, -0.2) is 41.7 Å². The molecule has 0 unspecified atom stereocenters. The van der Waals surface area contributed by atoms with E-state index in [1.807, 2.05) is 24.3 Å². The van der Waals surface area contributed by atoms with Gasteiger partial charge in [0.1, 0.15) is 17.4 Å². The van der Waals surface area contributed by atoms with Crippen LogP contribution >= 0.6 is 11.6 Å². The number of ketones is 1. The predicted molar refractivity (Wildman–Crippen MR) is 145 cm³/mol. The molecule has 0 saturated heterocycles. The zero-order chi connectivity index (χ0) is 26.3. The van der Waals surface area contributed by atoms with Crippen LogP contribution in [-0.2, 0) is 22.4 Å². The van der Waals surface area contributed by atoms with Gasteiger partial charge in [-0.05, 0) is 82.2 Å². The van der Waals surface area contributed by atoms with Gasteiger partial charge in [0.15, 0.2) is 0 Å². The zero-order valence-electron chi connectivity index (χ0n) is 21.9. The summed E-state index contributed by atoms with van der Waals surface area (Å²) in [7, 11) is 3.03. The maximum absolute atomic E-state index is 12.6. The fourth-order valence-electron chi connectivity index (χ4n) is 6.10. The van der Waals surface area contributed by atoms with Crippen molar-refractivity contribution in [2.75, 3.05) is 19.1 Å². The third kappa shape index (κ3) is 4.70. The Morgan fingerprint density at radius 3 is 2.49 bits per heavy atom. The Labute approximate surface area is 222 Å². The summed E-state index contributed by atoms with van der Waals surface area (Å²) in [6, 6.07) is 10.3. The number of nitrogens with zero attached hydrogens (tertiary/aromatic N) is 3. The lowest BCUT2D eigenvalue weighted by molar-refractivity contribution is -0.121. The fraction of sp³-hybridized carbons (Fsp3) is 0.483. The first-order valence-electron chi connectivity index (χ1n) is 13.0. The van der Waals surface area contributed by atoms with E-state index in [2.05, 4.69) is 17.6 Å². The number of ether oxygens (including phenoxy) is 2. The summed E-state index contributed by atoms with van der Waals surface area (Å²) in [5.41, 5.74) is 5.05. The van der Waals surface area contributed by atoms with Crippen molar-refractivity contribution in [2.45, 2.75) is 70.9 Å². The number of carbonyl (C=O) groups is 2. The summed E-state index contributed by atoms with van der Waals surface area (Å²) < 4.78 is 12.8. The van der Waals surface area contributed by atoms with Crippen molar-refractivity contribution >= 4 is 40.2 Å². The minimum atomic E-state index is -0.345. The van der Waals surface area contributed by atoms with Gasteiger partial charge in [0, 0.05) is 30.0 Å². The lowest BCUT2D eigenvalue weighted by Gasteiger charge is -2.34. The van der Waals surface area contributed by atoms with E-state index in [4.69, 9.17) is 26.1 Å². The Hall–Kier alpha value is -3.06. The molecule has 1 saturated carbocycles. The highest BCUT2D eigenvalue weighted by Gasteiger charge is 2.33. The number of halogens is 1. The fourth-order valence-corrected chi connectivity index (χ4v) is 6.38. The Kier molecular flexibility index (Phi) is 7.17. The van der Waals surface area contributed by atoms with Crippen LogP contribution in [0.15, 0.2) is 30.3 Å². The van der Waals surface area contributed by atoms with Gasteiger partial charge in [-0.1, -0.05) is 17.7 Å². The van der Waals surface area contributed by atoms with E-state index in [0.717, 1.165) is 72.2 Å². The number of benzene rings is 2. The van der Waals surface area contributed by atoms with Crippen molar-refractivity contribution in [1.82, 2.24) is 9.55 Å². The Bertz CT molecular complexity index is 1340. The highest BCUT2D eigenvalue weighted by Crippen LogP contribution is 2.41. The van der Waals surface area contributed by atoms with Gasteiger partial charge in [-0.15, -0.1) is 0 Å². The third-order valence-corrected chi connectivity index (χ3v) is 8.41. The smallest absolute Gasteiger partial charge is 0.414 e. The number of aryl methyl sites for hydroxylation is 1. The van der Waals surface area contributed by atoms with Crippen LogP contribution in [0.3, 0.4) is 0 Å². The van der Waals surface area contributed by atoms with Gasteiger partial charge in [0.05, 0.1) is 36.0 Å². The largest absolute Gasteiger partial charge is 0.495 e. The average Bonchev–Trinajstić information content (AvgIpc) is 3.26. The van der Waals surface area contributed by atoms with E-state index in [9.17, 15) is 9.59 Å². The SMILES string of the molecule is COC(=O)N1c2ccc3c(nc(Cc4ccc(OC)c(Cl)c4)n3C3CCC(C(C)=O)CC3)c2CC[C@@H]1C. The minimum absolute atomic E-state index is 0.0576. The first-order chi connectivity index (χ1) is 17.8. The highest BCUT2D eigenvalue weighted by atomic mass is 35.5. The number of methoxy groups -OCH3 is 2. The van der Waals surface area contributed by atoms with Gasteiger partial charge >= 0.3 is 6.09 Å². The second-order valence-corrected chi connectivity index (χ2v) is 10.7. The number of rotatable bonds is 5. The van der Waals surface area contributed by atoms with Gasteiger partial charge in [0.2, 0.25) is 0 Å². The molecule has 2 aromatic carbocycles. The third-order valence-electron chi connectivity index (χ3n) is 8.11. The number of aromatic nitrogens is 2. The molecular formula is C29H34ClN3O4. The van der Waals surface area contributed by atoms with Crippen molar-refractivity contribution in [1.29, 1.82) is 0 Å². The van der Waals surface area contributed by atoms with E-state index in [-0.39, 0.29) is 29.9 Å². The first kappa shape index (κ1) is 25.6. The van der Waals surface area contributed by atoms with Crippen molar-refractivity contribution in [3.8, 4) is 5.75 Å². The second kappa shape index (κ2) is 10.4. The average molecular weight is 524 g/mol. The van der Waals surface area contributed by atoms with Gasteiger partial charge in [-0.25, -0.2) is 9.78 Å². The van der Waals surface area contributed by atoms with Crippen molar-refractivity contribution in [2.24, 2.45) is 5.92 Å². The molecule has 196 valence electrons. The number of hydrogen-bond acceptors (Lipinski definition) is 5. The number of carbonyl (C=O) groups excluding carboxylic acids is 2. The summed E-state index contributed by atoms with van der Waals surface area (Å²) in [4.78, 5) is 31.6. The maximum Gasteiger partial charge on any atom is 0.414 e. The molecule has 1 atom stereocenters. The van der Waals surface area contributed by atoms with Crippen LogP contribution in [0.25, 0.3) is 11.0 Å². The lowest BCUT2D eigenvalue weighted by atomic mass is 9.83.